The van der Waals surface area contributed by atoms with Gasteiger partial charge in [0.05, 0.1) is 39.8 Å². The Morgan fingerprint density at radius 1 is 0.500 bits per heavy atom. The van der Waals surface area contributed by atoms with Crippen LogP contribution in [0.15, 0.2) is 146 Å². The Bertz CT molecular complexity index is 2770. The monoisotopic (exact) mass is 737 g/mol. The van der Waals surface area contributed by atoms with E-state index < -0.39 is 17.8 Å². The fourth-order valence-electron chi connectivity index (χ4n) is 7.88. The van der Waals surface area contributed by atoms with E-state index in [0.717, 1.165) is 65.9 Å². The van der Waals surface area contributed by atoms with Crippen molar-refractivity contribution in [3.63, 3.8) is 0 Å². The summed E-state index contributed by atoms with van der Waals surface area (Å²) in [6.45, 7) is 1.12. The summed E-state index contributed by atoms with van der Waals surface area (Å²) in [7, 11) is 1.39. The van der Waals surface area contributed by atoms with Gasteiger partial charge in [-0.25, -0.2) is 9.59 Å². The highest BCUT2D eigenvalue weighted by atomic mass is 16.7. The molecule has 0 spiro atoms. The normalized spacial score (nSPS) is 12.9. The topological polar surface area (TPSA) is 97.7 Å². The predicted molar refractivity (Wildman–Crippen MR) is 211 cm³/mol. The number of carbonyl (C=O) groups excluding carboxylic acids is 4. The molecule has 1 aliphatic rings. The second-order valence-corrected chi connectivity index (χ2v) is 13.8. The molecule has 272 valence electrons. The quantitative estimate of drug-likeness (QED) is 0.0689. The zero-order valence-corrected chi connectivity index (χ0v) is 30.5. The van der Waals surface area contributed by atoms with Crippen molar-refractivity contribution < 1.29 is 37.9 Å². The van der Waals surface area contributed by atoms with Crippen LogP contribution in [0.3, 0.4) is 0 Å². The number of esters is 1. The zero-order chi connectivity index (χ0) is 38.3. The first-order valence-corrected chi connectivity index (χ1v) is 18.4. The smallest absolute Gasteiger partial charge is 0.363 e. The maximum Gasteiger partial charge on any atom is 0.363 e. The average molecular weight is 738 g/mol. The van der Waals surface area contributed by atoms with E-state index in [1.165, 1.54) is 7.11 Å². The summed E-state index contributed by atoms with van der Waals surface area (Å²) < 4.78 is 9.56. The molecule has 0 atom stereocenters. The summed E-state index contributed by atoms with van der Waals surface area (Å²) in [6.07, 6.45) is 0.0743. The Labute approximate surface area is 321 Å². The first-order valence-electron chi connectivity index (χ1n) is 18.4. The highest BCUT2D eigenvalue weighted by Gasteiger charge is 2.33. The van der Waals surface area contributed by atoms with Gasteiger partial charge < -0.3 is 9.57 Å². The standard InChI is InChI=1S/C47H35N3O6/c1-55-46(53)32-22-18-30(19-23-32)28-48-38-14-6-2-10-34(38)44(35-11-3-7-15-39(35)48)45-36-12-4-8-16-40(36)49(41-17-9-5-13-37(41)45)29-31-20-24-33(25-21-31)47(54)56-50-42(51)26-27-43(50)52/h2-25H,26-29H2,1H3/q+2. The summed E-state index contributed by atoms with van der Waals surface area (Å²) in [5.74, 6) is -2.15. The van der Waals surface area contributed by atoms with E-state index in [1.54, 1.807) is 12.1 Å². The molecule has 9 heteroatoms. The van der Waals surface area contributed by atoms with Gasteiger partial charge in [-0.2, -0.15) is 9.13 Å². The highest BCUT2D eigenvalue weighted by Crippen LogP contribution is 2.41. The third kappa shape index (κ3) is 5.99. The van der Waals surface area contributed by atoms with E-state index in [1.807, 2.05) is 36.4 Å². The Kier molecular flexibility index (Phi) is 8.74. The van der Waals surface area contributed by atoms with Gasteiger partial charge in [0.25, 0.3) is 11.8 Å². The molecule has 8 aromatic rings. The first kappa shape index (κ1) is 34.5. The lowest BCUT2D eigenvalue weighted by atomic mass is 9.90. The number of hydroxylamine groups is 2. The van der Waals surface area contributed by atoms with Crippen LogP contribution in [0.1, 0.15) is 44.7 Å². The van der Waals surface area contributed by atoms with Crippen molar-refractivity contribution in [1.29, 1.82) is 0 Å². The molecule has 1 fully saturated rings. The number of hydrogen-bond acceptors (Lipinski definition) is 6. The number of hydrogen-bond donors (Lipinski definition) is 0. The molecule has 9 rings (SSSR count). The summed E-state index contributed by atoms with van der Waals surface area (Å²) in [6, 6.07) is 48.6. The van der Waals surface area contributed by atoms with Crippen molar-refractivity contribution in [1.82, 2.24) is 5.06 Å². The molecule has 0 aliphatic carbocycles. The number of methoxy groups -OCH3 is 1. The van der Waals surface area contributed by atoms with E-state index in [2.05, 4.69) is 106 Å². The number of imide groups is 1. The highest BCUT2D eigenvalue weighted by molar-refractivity contribution is 6.18. The van der Waals surface area contributed by atoms with E-state index >= 15 is 0 Å². The van der Waals surface area contributed by atoms with Crippen molar-refractivity contribution in [2.24, 2.45) is 0 Å². The first-order chi connectivity index (χ1) is 27.4. The number of fused-ring (bicyclic) bond motifs is 4. The van der Waals surface area contributed by atoms with Crippen LogP contribution < -0.4 is 9.13 Å². The lowest BCUT2D eigenvalue weighted by molar-refractivity contribution is -0.636. The second kappa shape index (κ2) is 14.2. The minimum Gasteiger partial charge on any atom is -0.465 e. The number of carbonyl (C=O) groups is 4. The van der Waals surface area contributed by atoms with Gasteiger partial charge in [0.15, 0.2) is 13.1 Å². The molecule has 56 heavy (non-hydrogen) atoms. The molecule has 0 bridgehead atoms. The molecular formula is C47H35N3O6+2. The second-order valence-electron chi connectivity index (χ2n) is 13.8. The minimum absolute atomic E-state index is 0.0372. The number of rotatable bonds is 8. The maximum atomic E-state index is 12.8. The molecule has 0 N–H and O–H groups in total. The lowest BCUT2D eigenvalue weighted by Gasteiger charge is -2.16. The van der Waals surface area contributed by atoms with Gasteiger partial charge in [-0.15, -0.1) is 5.06 Å². The van der Waals surface area contributed by atoms with Gasteiger partial charge in [-0.3, -0.25) is 9.59 Å². The van der Waals surface area contributed by atoms with Crippen molar-refractivity contribution in [2.75, 3.05) is 7.11 Å². The molecule has 0 saturated carbocycles. The van der Waals surface area contributed by atoms with Gasteiger partial charge >= 0.3 is 11.9 Å². The molecule has 1 saturated heterocycles. The molecular weight excluding hydrogens is 703 g/mol. The van der Waals surface area contributed by atoms with Crippen molar-refractivity contribution in [2.45, 2.75) is 25.9 Å². The summed E-state index contributed by atoms with van der Waals surface area (Å²) >= 11 is 0. The molecule has 2 amide bonds. The Morgan fingerprint density at radius 3 is 1.20 bits per heavy atom. The number of para-hydroxylation sites is 4. The molecule has 9 nitrogen and oxygen atoms in total. The third-order valence-corrected chi connectivity index (χ3v) is 10.5. The summed E-state index contributed by atoms with van der Waals surface area (Å²) in [4.78, 5) is 54.1. The number of pyridine rings is 2. The van der Waals surface area contributed by atoms with Gasteiger partial charge in [0, 0.05) is 59.4 Å². The van der Waals surface area contributed by atoms with Crippen LogP contribution in [0, 0.1) is 0 Å². The Balaban J connectivity index is 1.17. The van der Waals surface area contributed by atoms with Crippen LogP contribution in [0.2, 0.25) is 0 Å². The third-order valence-electron chi connectivity index (χ3n) is 10.5. The number of nitrogens with zero attached hydrogens (tertiary/aromatic N) is 3. The fourth-order valence-corrected chi connectivity index (χ4v) is 7.88. The van der Waals surface area contributed by atoms with Gasteiger partial charge in [0.1, 0.15) is 0 Å². The van der Waals surface area contributed by atoms with Crippen molar-refractivity contribution >= 4 is 67.4 Å². The van der Waals surface area contributed by atoms with Crippen LogP contribution in [-0.4, -0.2) is 35.9 Å². The van der Waals surface area contributed by atoms with Crippen LogP contribution in [0.5, 0.6) is 0 Å². The van der Waals surface area contributed by atoms with Crippen LogP contribution >= 0.6 is 0 Å². The number of ether oxygens (including phenoxy) is 1. The van der Waals surface area contributed by atoms with Crippen LogP contribution in [0.25, 0.3) is 54.7 Å². The molecule has 0 unspecified atom stereocenters. The Hall–Kier alpha value is -7.26. The molecule has 0 radical (unpaired) electrons. The SMILES string of the molecule is COC(=O)c1ccc(C[n+]2c3ccccc3c(-c3c4ccccc4[n+](Cc4ccc(C(=O)ON5C(=O)CCC5=O)cc4)c4ccccc34)c3ccccc32)cc1. The molecule has 1 aliphatic heterocycles. The Morgan fingerprint density at radius 2 is 0.839 bits per heavy atom. The zero-order valence-electron chi connectivity index (χ0n) is 30.5. The van der Waals surface area contributed by atoms with Crippen molar-refractivity contribution in [3.8, 4) is 11.1 Å². The predicted octanol–water partition coefficient (Wildman–Crippen LogP) is 7.65. The summed E-state index contributed by atoms with van der Waals surface area (Å²) in [5.41, 5.74) is 9.32. The summed E-state index contributed by atoms with van der Waals surface area (Å²) in [5, 5.41) is 4.99. The average Bonchev–Trinajstić information content (AvgIpc) is 3.56. The molecule has 2 aromatic heterocycles. The van der Waals surface area contributed by atoms with E-state index in [0.29, 0.717) is 23.7 Å². The van der Waals surface area contributed by atoms with E-state index in [4.69, 9.17) is 9.57 Å². The number of benzene rings is 6. The minimum atomic E-state index is -0.756. The van der Waals surface area contributed by atoms with Crippen molar-refractivity contribution in [3.05, 3.63) is 168 Å². The van der Waals surface area contributed by atoms with E-state index in [9.17, 15) is 19.2 Å². The largest absolute Gasteiger partial charge is 0.465 e. The number of aromatic nitrogens is 2. The van der Waals surface area contributed by atoms with Crippen LogP contribution in [0.4, 0.5) is 0 Å². The van der Waals surface area contributed by atoms with E-state index in [-0.39, 0.29) is 24.4 Å². The van der Waals surface area contributed by atoms with Gasteiger partial charge in [0.2, 0.25) is 22.1 Å². The molecule has 3 heterocycles. The van der Waals surface area contributed by atoms with Gasteiger partial charge in [-0.05, 0) is 48.5 Å². The lowest BCUT2D eigenvalue weighted by Crippen LogP contribution is -2.37. The number of amides is 2. The molecule has 6 aromatic carbocycles. The fraction of sp³-hybridized carbons (Fsp3) is 0.106. The maximum absolute atomic E-state index is 12.8. The van der Waals surface area contributed by atoms with Gasteiger partial charge in [-0.1, -0.05) is 72.8 Å². The van der Waals surface area contributed by atoms with Crippen LogP contribution in [-0.2, 0) is 32.3 Å².